The summed E-state index contributed by atoms with van der Waals surface area (Å²) in [5.41, 5.74) is 0. The van der Waals surface area contributed by atoms with Crippen LogP contribution in [0.15, 0.2) is 0 Å². The first kappa shape index (κ1) is 17.4. The summed E-state index contributed by atoms with van der Waals surface area (Å²) >= 11 is 0. The van der Waals surface area contributed by atoms with Crippen molar-refractivity contribution in [1.82, 2.24) is 15.1 Å². The van der Waals surface area contributed by atoms with Gasteiger partial charge in [0.05, 0.1) is 26.2 Å². The molecule has 1 rings (SSSR count). The van der Waals surface area contributed by atoms with E-state index in [0.29, 0.717) is 19.4 Å². The Bertz CT molecular complexity index is 393. The minimum absolute atomic E-state index is 0.0867. The van der Waals surface area contributed by atoms with E-state index in [4.69, 9.17) is 5.11 Å². The first-order valence-corrected chi connectivity index (χ1v) is 6.64. The third-order valence-corrected chi connectivity index (χ3v) is 2.96. The summed E-state index contributed by atoms with van der Waals surface area (Å²) in [6.45, 7) is -1.26. The van der Waals surface area contributed by atoms with Crippen LogP contribution in [0.5, 0.6) is 0 Å². The topological polar surface area (TPSA) is 90.0 Å². The van der Waals surface area contributed by atoms with Gasteiger partial charge in [-0.05, 0) is 6.42 Å². The molecule has 0 unspecified atom stereocenters. The molecule has 1 aliphatic heterocycles. The molecule has 0 aromatic heterocycles. The summed E-state index contributed by atoms with van der Waals surface area (Å²) in [5, 5.41) is 10.8. The van der Waals surface area contributed by atoms with Gasteiger partial charge in [0, 0.05) is 19.5 Å². The van der Waals surface area contributed by atoms with Gasteiger partial charge < -0.3 is 10.0 Å². The van der Waals surface area contributed by atoms with E-state index in [2.05, 4.69) is 0 Å². The van der Waals surface area contributed by atoms with Gasteiger partial charge >= 0.3 is 0 Å². The number of carbonyl (C=O) groups excluding carboxylic acids is 3. The summed E-state index contributed by atoms with van der Waals surface area (Å²) in [4.78, 5) is 36.9. The van der Waals surface area contributed by atoms with Crippen LogP contribution in [-0.4, -0.2) is 78.4 Å². The minimum Gasteiger partial charge on any atom is -0.395 e. The zero-order valence-corrected chi connectivity index (χ0v) is 11.6. The number of hydrogen-bond donors (Lipinski definition) is 2. The maximum Gasteiger partial charge on any atom is 0.251 e. The Kier molecular flexibility index (Phi) is 7.17. The van der Waals surface area contributed by atoms with Gasteiger partial charge in [0.25, 0.3) is 6.43 Å². The Morgan fingerprint density at radius 2 is 2.10 bits per heavy atom. The van der Waals surface area contributed by atoms with Crippen molar-refractivity contribution in [2.75, 3.05) is 39.3 Å². The maximum absolute atomic E-state index is 12.3. The first-order chi connectivity index (χ1) is 9.92. The third kappa shape index (κ3) is 6.58. The Balaban J connectivity index is 2.36. The minimum atomic E-state index is -2.64. The van der Waals surface area contributed by atoms with Crippen molar-refractivity contribution in [3.63, 3.8) is 0 Å². The molecule has 0 aromatic rings. The van der Waals surface area contributed by atoms with E-state index in [-0.39, 0.29) is 25.6 Å². The molecule has 120 valence electrons. The van der Waals surface area contributed by atoms with Gasteiger partial charge in [-0.15, -0.1) is 0 Å². The second kappa shape index (κ2) is 8.63. The third-order valence-electron chi connectivity index (χ3n) is 2.96. The normalized spacial score (nSPS) is 15.1. The Labute approximate surface area is 120 Å². The van der Waals surface area contributed by atoms with Crippen LogP contribution in [-0.2, 0) is 14.4 Å². The summed E-state index contributed by atoms with van der Waals surface area (Å²) in [6.07, 6.45) is -1.57. The number of rotatable bonds is 8. The lowest BCUT2D eigenvalue weighted by molar-refractivity contribution is -0.136. The fourth-order valence-corrected chi connectivity index (χ4v) is 2.05. The molecular formula is C12H19F2N3O4. The molecule has 0 radical (unpaired) electrons. The zero-order valence-electron chi connectivity index (χ0n) is 11.6. The lowest BCUT2D eigenvalue weighted by Crippen LogP contribution is -2.45. The van der Waals surface area contributed by atoms with Crippen molar-refractivity contribution < 1.29 is 28.3 Å². The Morgan fingerprint density at radius 3 is 2.62 bits per heavy atom. The molecule has 0 aliphatic carbocycles. The van der Waals surface area contributed by atoms with Gasteiger partial charge in [-0.2, -0.15) is 0 Å². The molecule has 1 heterocycles. The fraction of sp³-hybridized carbons (Fsp3) is 0.750. The predicted octanol–water partition coefficient (Wildman–Crippen LogP) is -1.19. The van der Waals surface area contributed by atoms with Crippen molar-refractivity contribution in [3.05, 3.63) is 0 Å². The highest BCUT2D eigenvalue weighted by molar-refractivity contribution is 5.98. The number of amides is 3. The number of halogens is 2. The van der Waals surface area contributed by atoms with Crippen LogP contribution in [0, 0.1) is 0 Å². The van der Waals surface area contributed by atoms with E-state index in [1.165, 1.54) is 4.90 Å². The van der Waals surface area contributed by atoms with E-state index < -0.39 is 31.3 Å². The van der Waals surface area contributed by atoms with E-state index in [1.807, 2.05) is 5.32 Å². The van der Waals surface area contributed by atoms with Gasteiger partial charge in [-0.1, -0.05) is 0 Å². The largest absolute Gasteiger partial charge is 0.395 e. The highest BCUT2D eigenvalue weighted by Gasteiger charge is 2.23. The van der Waals surface area contributed by atoms with Crippen LogP contribution in [0.4, 0.5) is 8.78 Å². The smallest absolute Gasteiger partial charge is 0.251 e. The van der Waals surface area contributed by atoms with Crippen LogP contribution in [0.2, 0.25) is 0 Å². The average Bonchev–Trinajstić information content (AvgIpc) is 2.74. The first-order valence-electron chi connectivity index (χ1n) is 6.64. The van der Waals surface area contributed by atoms with Crippen molar-refractivity contribution >= 4 is 17.7 Å². The molecule has 0 saturated carbocycles. The van der Waals surface area contributed by atoms with Gasteiger partial charge in [0.1, 0.15) is 0 Å². The van der Waals surface area contributed by atoms with Gasteiger partial charge in [-0.25, -0.2) is 8.78 Å². The van der Waals surface area contributed by atoms with E-state index >= 15 is 0 Å². The molecule has 9 heteroatoms. The van der Waals surface area contributed by atoms with E-state index in [1.54, 1.807) is 0 Å². The molecule has 0 spiro atoms. The molecule has 3 amide bonds. The molecule has 2 N–H and O–H groups in total. The molecule has 0 aromatic carbocycles. The number of imide groups is 1. The second-order valence-corrected chi connectivity index (χ2v) is 4.74. The van der Waals surface area contributed by atoms with Crippen molar-refractivity contribution in [2.24, 2.45) is 0 Å². The fourth-order valence-electron chi connectivity index (χ4n) is 2.05. The molecule has 7 nitrogen and oxygen atoms in total. The Morgan fingerprint density at radius 1 is 1.38 bits per heavy atom. The molecule has 1 fully saturated rings. The van der Waals surface area contributed by atoms with Gasteiger partial charge in [-0.3, -0.25) is 24.6 Å². The average molecular weight is 307 g/mol. The number of likely N-dealkylation sites (tertiary alicyclic amines) is 1. The summed E-state index contributed by atoms with van der Waals surface area (Å²) in [7, 11) is 0. The second-order valence-electron chi connectivity index (χ2n) is 4.74. The van der Waals surface area contributed by atoms with Crippen molar-refractivity contribution in [2.45, 2.75) is 19.3 Å². The lowest BCUT2D eigenvalue weighted by atomic mass is 10.4. The number of alkyl halides is 2. The Hall–Kier alpha value is -1.61. The highest BCUT2D eigenvalue weighted by atomic mass is 19.3. The molecular weight excluding hydrogens is 288 g/mol. The predicted molar refractivity (Wildman–Crippen MR) is 68.5 cm³/mol. The van der Waals surface area contributed by atoms with Crippen molar-refractivity contribution in [1.29, 1.82) is 0 Å². The lowest BCUT2D eigenvalue weighted by Gasteiger charge is -2.20. The van der Waals surface area contributed by atoms with E-state index in [9.17, 15) is 23.2 Å². The number of nitrogens with one attached hydrogen (secondary N) is 1. The van der Waals surface area contributed by atoms with Gasteiger partial charge in [0.15, 0.2) is 0 Å². The summed E-state index contributed by atoms with van der Waals surface area (Å²) < 4.78 is 24.5. The standard InChI is InChI=1S/C12H19F2N3O4/c13-9(14)6-16(4-5-18)7-10(19)15-11(20)8-17-3-1-2-12(17)21/h9,18H,1-8H2,(H,15,19,20). The summed E-state index contributed by atoms with van der Waals surface area (Å²) in [6, 6.07) is 0. The number of nitrogens with zero attached hydrogens (tertiary/aromatic N) is 2. The van der Waals surface area contributed by atoms with Crippen LogP contribution in [0.25, 0.3) is 0 Å². The molecule has 21 heavy (non-hydrogen) atoms. The van der Waals surface area contributed by atoms with Crippen LogP contribution < -0.4 is 5.32 Å². The quantitative estimate of drug-likeness (QED) is 0.588. The highest BCUT2D eigenvalue weighted by Crippen LogP contribution is 2.08. The van der Waals surface area contributed by atoms with Crippen LogP contribution in [0.3, 0.4) is 0 Å². The molecule has 1 saturated heterocycles. The number of aliphatic hydroxyl groups is 1. The molecule has 1 aliphatic rings. The number of hydrogen-bond acceptors (Lipinski definition) is 5. The van der Waals surface area contributed by atoms with Crippen molar-refractivity contribution in [3.8, 4) is 0 Å². The SMILES string of the molecule is O=C(CN(CCO)CC(F)F)NC(=O)CN1CCCC1=O. The van der Waals surface area contributed by atoms with Crippen LogP contribution >= 0.6 is 0 Å². The number of aliphatic hydroxyl groups excluding tert-OH is 1. The van der Waals surface area contributed by atoms with Crippen LogP contribution in [0.1, 0.15) is 12.8 Å². The zero-order chi connectivity index (χ0) is 15.8. The summed E-state index contributed by atoms with van der Waals surface area (Å²) in [5.74, 6) is -1.52. The monoisotopic (exact) mass is 307 g/mol. The number of carbonyl (C=O) groups is 3. The maximum atomic E-state index is 12.3. The molecule has 0 bridgehead atoms. The van der Waals surface area contributed by atoms with Gasteiger partial charge in [0.2, 0.25) is 17.7 Å². The van der Waals surface area contributed by atoms with E-state index in [0.717, 1.165) is 4.90 Å². The molecule has 0 atom stereocenters.